The topological polar surface area (TPSA) is 217 Å². The molecule has 0 bridgehead atoms. The number of nitrogens with one attached hydrogen (secondary N) is 3. The monoisotopic (exact) mass is 495 g/mol. The molecule has 35 heavy (non-hydrogen) atoms. The zero-order valence-electron chi connectivity index (χ0n) is 20.1. The van der Waals surface area contributed by atoms with Gasteiger partial charge in [-0.1, -0.05) is 26.0 Å². The minimum Gasteiger partial charge on any atom is -0.508 e. The van der Waals surface area contributed by atoms with Gasteiger partial charge >= 0.3 is 5.97 Å². The van der Waals surface area contributed by atoms with Crippen molar-refractivity contribution in [3.63, 3.8) is 0 Å². The highest BCUT2D eigenvalue weighted by Gasteiger charge is 2.31. The van der Waals surface area contributed by atoms with E-state index in [4.69, 9.17) is 16.6 Å². The standard InChI is InChI=1S/C23H37N5O7/c1-13(2)19(28-20(31)16(25)11-14-6-8-15(30)9-7-14)22(33)26-17(5-3-4-10-24)21(32)27-18(12-29)23(34)35/h6-9,13,16-19,29-30H,3-5,10-12,24-25H2,1-2H3,(H,26,33)(H,27,32)(H,28,31)(H,34,35). The Labute approximate surface area is 204 Å². The number of benzene rings is 1. The molecule has 1 rings (SSSR count). The van der Waals surface area contributed by atoms with E-state index in [2.05, 4.69) is 16.0 Å². The first-order valence-corrected chi connectivity index (χ1v) is 11.5. The third kappa shape index (κ3) is 10.3. The highest BCUT2D eigenvalue weighted by atomic mass is 16.4. The smallest absolute Gasteiger partial charge is 0.328 e. The van der Waals surface area contributed by atoms with Gasteiger partial charge in [0.05, 0.1) is 12.6 Å². The molecule has 0 heterocycles. The van der Waals surface area contributed by atoms with Gasteiger partial charge in [-0.3, -0.25) is 14.4 Å². The second-order valence-electron chi connectivity index (χ2n) is 8.63. The average molecular weight is 496 g/mol. The fourth-order valence-electron chi connectivity index (χ4n) is 3.25. The minimum atomic E-state index is -1.52. The predicted molar refractivity (Wildman–Crippen MR) is 128 cm³/mol. The van der Waals surface area contributed by atoms with Crippen molar-refractivity contribution in [1.82, 2.24) is 16.0 Å². The molecule has 0 aliphatic heterocycles. The first-order chi connectivity index (χ1) is 16.5. The van der Waals surface area contributed by atoms with Crippen LogP contribution in [0.5, 0.6) is 5.75 Å². The van der Waals surface area contributed by atoms with Crippen molar-refractivity contribution >= 4 is 23.7 Å². The molecule has 0 fully saturated rings. The minimum absolute atomic E-state index is 0.0852. The molecule has 0 radical (unpaired) electrons. The molecule has 1 aromatic carbocycles. The van der Waals surface area contributed by atoms with Crippen LogP contribution >= 0.6 is 0 Å². The molecule has 10 N–H and O–H groups in total. The number of aliphatic carboxylic acids is 1. The van der Waals surface area contributed by atoms with E-state index in [1.807, 2.05) is 0 Å². The number of carboxylic acid groups (broad SMARTS) is 1. The molecular weight excluding hydrogens is 458 g/mol. The number of carbonyl (C=O) groups is 4. The molecule has 4 atom stereocenters. The van der Waals surface area contributed by atoms with Gasteiger partial charge in [-0.25, -0.2) is 4.79 Å². The molecule has 12 nitrogen and oxygen atoms in total. The van der Waals surface area contributed by atoms with Crippen LogP contribution in [0.1, 0.15) is 38.7 Å². The molecule has 0 spiro atoms. The summed E-state index contributed by atoms with van der Waals surface area (Å²) in [6, 6.07) is 1.65. The molecule has 3 amide bonds. The number of hydrogen-bond acceptors (Lipinski definition) is 8. The highest BCUT2D eigenvalue weighted by Crippen LogP contribution is 2.12. The number of aliphatic hydroxyl groups excluding tert-OH is 1. The van der Waals surface area contributed by atoms with Crippen LogP contribution in [0, 0.1) is 5.92 Å². The Morgan fingerprint density at radius 2 is 1.51 bits per heavy atom. The Morgan fingerprint density at radius 3 is 2.03 bits per heavy atom. The number of carbonyl (C=O) groups excluding carboxylic acids is 3. The fraction of sp³-hybridized carbons (Fsp3) is 0.565. The predicted octanol–water partition coefficient (Wildman–Crippen LogP) is -1.42. The van der Waals surface area contributed by atoms with E-state index in [-0.39, 0.29) is 24.5 Å². The fourth-order valence-corrected chi connectivity index (χ4v) is 3.25. The lowest BCUT2D eigenvalue weighted by atomic mass is 10.00. The summed E-state index contributed by atoms with van der Waals surface area (Å²) in [6.45, 7) is 2.99. The second-order valence-corrected chi connectivity index (χ2v) is 8.63. The molecule has 0 saturated carbocycles. The first-order valence-electron chi connectivity index (χ1n) is 11.5. The summed E-state index contributed by atoms with van der Waals surface area (Å²) in [5.74, 6) is -3.65. The van der Waals surface area contributed by atoms with Crippen molar-refractivity contribution in [3.05, 3.63) is 29.8 Å². The Hall–Kier alpha value is -3.22. The highest BCUT2D eigenvalue weighted by molar-refractivity contribution is 5.94. The van der Waals surface area contributed by atoms with E-state index in [1.165, 1.54) is 12.1 Å². The number of nitrogens with two attached hydrogens (primary N) is 2. The Morgan fingerprint density at radius 1 is 0.914 bits per heavy atom. The number of aliphatic hydroxyl groups is 1. The van der Waals surface area contributed by atoms with Crippen LogP contribution in [-0.4, -0.2) is 76.3 Å². The van der Waals surface area contributed by atoms with Gasteiger partial charge in [0.15, 0.2) is 0 Å². The van der Waals surface area contributed by atoms with Gasteiger partial charge in [-0.05, 0) is 55.8 Å². The number of phenols is 1. The maximum Gasteiger partial charge on any atom is 0.328 e. The van der Waals surface area contributed by atoms with E-state index in [1.54, 1.807) is 26.0 Å². The van der Waals surface area contributed by atoms with Gasteiger partial charge in [0.1, 0.15) is 23.9 Å². The zero-order chi connectivity index (χ0) is 26.5. The van der Waals surface area contributed by atoms with Crippen molar-refractivity contribution < 1.29 is 34.5 Å². The van der Waals surface area contributed by atoms with Crippen molar-refractivity contribution in [2.24, 2.45) is 17.4 Å². The summed E-state index contributed by atoms with van der Waals surface area (Å²) in [6.07, 6.45) is 1.44. The third-order valence-corrected chi connectivity index (χ3v) is 5.35. The summed E-state index contributed by atoms with van der Waals surface area (Å²) < 4.78 is 0. The number of unbranched alkanes of at least 4 members (excludes halogenated alkanes) is 1. The van der Waals surface area contributed by atoms with Crippen molar-refractivity contribution in [1.29, 1.82) is 0 Å². The quantitative estimate of drug-likeness (QED) is 0.134. The third-order valence-electron chi connectivity index (χ3n) is 5.35. The maximum atomic E-state index is 13.0. The van der Waals surface area contributed by atoms with Crippen LogP contribution in [0.2, 0.25) is 0 Å². The van der Waals surface area contributed by atoms with E-state index < -0.39 is 54.5 Å². The molecule has 196 valence electrons. The van der Waals surface area contributed by atoms with Gasteiger partial charge in [0.2, 0.25) is 17.7 Å². The van der Waals surface area contributed by atoms with Crippen molar-refractivity contribution in [2.75, 3.05) is 13.2 Å². The number of hydrogen-bond donors (Lipinski definition) is 8. The van der Waals surface area contributed by atoms with E-state index in [9.17, 15) is 29.4 Å². The number of rotatable bonds is 15. The van der Waals surface area contributed by atoms with Gasteiger partial charge < -0.3 is 42.7 Å². The van der Waals surface area contributed by atoms with E-state index in [0.717, 1.165) is 5.56 Å². The van der Waals surface area contributed by atoms with Crippen LogP contribution in [0.15, 0.2) is 24.3 Å². The van der Waals surface area contributed by atoms with Gasteiger partial charge in [0, 0.05) is 0 Å². The molecule has 1 aromatic rings. The summed E-state index contributed by atoms with van der Waals surface area (Å²) in [7, 11) is 0. The van der Waals surface area contributed by atoms with Gasteiger partial charge in [0.25, 0.3) is 0 Å². The summed E-state index contributed by atoms with van der Waals surface area (Å²) in [5.41, 5.74) is 12.2. The molecule has 4 unspecified atom stereocenters. The van der Waals surface area contributed by atoms with Gasteiger partial charge in [-0.2, -0.15) is 0 Å². The lowest BCUT2D eigenvalue weighted by molar-refractivity contribution is -0.143. The number of amides is 3. The van der Waals surface area contributed by atoms with E-state index in [0.29, 0.717) is 19.4 Å². The normalized spacial score (nSPS) is 14.5. The summed E-state index contributed by atoms with van der Waals surface area (Å²) >= 11 is 0. The zero-order valence-corrected chi connectivity index (χ0v) is 20.1. The largest absolute Gasteiger partial charge is 0.508 e. The SMILES string of the molecule is CC(C)C(NC(=O)C(N)Cc1ccc(O)cc1)C(=O)NC(CCCCN)C(=O)NC(CO)C(=O)O. The Balaban J connectivity index is 2.89. The van der Waals surface area contributed by atoms with Crippen LogP contribution in [-0.2, 0) is 25.6 Å². The van der Waals surface area contributed by atoms with Crippen LogP contribution in [0.4, 0.5) is 0 Å². The first kappa shape index (κ1) is 29.8. The van der Waals surface area contributed by atoms with Crippen molar-refractivity contribution in [3.8, 4) is 5.75 Å². The molecule has 0 saturated heterocycles. The molecule has 0 aromatic heterocycles. The number of phenolic OH excluding ortho intramolecular Hbond substituents is 1. The lowest BCUT2D eigenvalue weighted by Gasteiger charge is -2.27. The Bertz CT molecular complexity index is 847. The Kier molecular flexibility index (Phi) is 12.7. The van der Waals surface area contributed by atoms with Crippen LogP contribution < -0.4 is 27.4 Å². The average Bonchev–Trinajstić information content (AvgIpc) is 2.80. The molecular formula is C23H37N5O7. The maximum absolute atomic E-state index is 13.0. The number of carboxylic acids is 1. The van der Waals surface area contributed by atoms with Crippen LogP contribution in [0.3, 0.4) is 0 Å². The molecule has 12 heteroatoms. The summed E-state index contributed by atoms with van der Waals surface area (Å²) in [5, 5.41) is 35.0. The second kappa shape index (κ2) is 14.9. The van der Waals surface area contributed by atoms with Crippen molar-refractivity contribution in [2.45, 2.75) is 63.7 Å². The molecule has 0 aliphatic rings. The van der Waals surface area contributed by atoms with Crippen LogP contribution in [0.25, 0.3) is 0 Å². The van der Waals surface area contributed by atoms with E-state index >= 15 is 0 Å². The lowest BCUT2D eigenvalue weighted by Crippen LogP contribution is -2.58. The number of aromatic hydroxyl groups is 1. The van der Waals surface area contributed by atoms with Gasteiger partial charge in [-0.15, -0.1) is 0 Å². The molecule has 0 aliphatic carbocycles. The summed E-state index contributed by atoms with van der Waals surface area (Å²) in [4.78, 5) is 49.5.